The van der Waals surface area contributed by atoms with Crippen LogP contribution in [0.15, 0.2) is 42.6 Å². The average Bonchev–Trinajstić information content (AvgIpc) is 3.61. The molecule has 0 saturated carbocycles. The van der Waals surface area contributed by atoms with Crippen LogP contribution in [0.4, 0.5) is 0 Å². The Labute approximate surface area is 203 Å². The minimum absolute atomic E-state index is 0.0366. The molecule has 0 bridgehead atoms. The lowest BCUT2D eigenvalue weighted by molar-refractivity contribution is -0.127. The van der Waals surface area contributed by atoms with E-state index in [0.717, 1.165) is 82.7 Å². The number of pyridine rings is 2. The van der Waals surface area contributed by atoms with Gasteiger partial charge in [0, 0.05) is 48.9 Å². The summed E-state index contributed by atoms with van der Waals surface area (Å²) in [5.41, 5.74) is 9.89. The number of nitrogens with one attached hydrogen (secondary N) is 1. The highest BCUT2D eigenvalue weighted by atomic mass is 16.2. The fourth-order valence-corrected chi connectivity index (χ4v) is 5.61. The van der Waals surface area contributed by atoms with Crippen molar-refractivity contribution in [2.75, 3.05) is 13.1 Å². The predicted octanol–water partition coefficient (Wildman–Crippen LogP) is 4.88. The van der Waals surface area contributed by atoms with Crippen LogP contribution in [0, 0.1) is 18.3 Å². The molecule has 1 saturated heterocycles. The van der Waals surface area contributed by atoms with Crippen LogP contribution in [0.5, 0.6) is 0 Å². The fraction of sp³-hybridized carbons (Fsp3) is 0.321. The number of nitriles is 1. The Morgan fingerprint density at radius 1 is 1.20 bits per heavy atom. The van der Waals surface area contributed by atoms with Crippen molar-refractivity contribution in [3.8, 4) is 28.6 Å². The van der Waals surface area contributed by atoms with Crippen molar-refractivity contribution in [3.63, 3.8) is 0 Å². The Kier molecular flexibility index (Phi) is 5.10. The highest BCUT2D eigenvalue weighted by molar-refractivity contribution is 5.92. The van der Waals surface area contributed by atoms with E-state index in [1.807, 2.05) is 29.3 Å². The van der Waals surface area contributed by atoms with Gasteiger partial charge in [0.25, 0.3) is 0 Å². The van der Waals surface area contributed by atoms with Crippen molar-refractivity contribution in [2.45, 2.75) is 44.9 Å². The second-order valence-electron chi connectivity index (χ2n) is 9.64. The second-order valence-corrected chi connectivity index (χ2v) is 9.64. The Hall–Kier alpha value is -4.05. The van der Waals surface area contributed by atoms with Gasteiger partial charge in [0.2, 0.25) is 5.91 Å². The lowest BCUT2D eigenvalue weighted by atomic mass is 9.95. The first-order valence-corrected chi connectivity index (χ1v) is 12.1. The molecule has 7 nitrogen and oxygen atoms in total. The molecule has 1 aliphatic heterocycles. The normalized spacial score (nSPS) is 19.2. The largest absolute Gasteiger partial charge is 0.342 e. The fourth-order valence-electron chi connectivity index (χ4n) is 5.61. The van der Waals surface area contributed by atoms with E-state index in [4.69, 9.17) is 9.97 Å². The van der Waals surface area contributed by atoms with Gasteiger partial charge in [-0.2, -0.15) is 10.4 Å². The van der Waals surface area contributed by atoms with Gasteiger partial charge in [-0.3, -0.25) is 14.9 Å². The minimum atomic E-state index is -0.0366. The van der Waals surface area contributed by atoms with E-state index in [2.05, 4.69) is 41.4 Å². The number of aromatic nitrogens is 4. The molecule has 2 aliphatic rings. The highest BCUT2D eigenvalue weighted by Crippen LogP contribution is 2.40. The maximum atomic E-state index is 11.7. The molecule has 174 valence electrons. The maximum Gasteiger partial charge on any atom is 0.219 e. The number of fused-ring (bicyclic) bond motifs is 2. The van der Waals surface area contributed by atoms with Crippen LogP contribution in [-0.4, -0.2) is 44.1 Å². The third kappa shape index (κ3) is 3.57. The predicted molar refractivity (Wildman–Crippen MR) is 134 cm³/mol. The van der Waals surface area contributed by atoms with Gasteiger partial charge in [0.05, 0.1) is 23.2 Å². The summed E-state index contributed by atoms with van der Waals surface area (Å²) in [7, 11) is 0. The summed E-state index contributed by atoms with van der Waals surface area (Å²) in [4.78, 5) is 23.4. The first kappa shape index (κ1) is 21.5. The number of hydrogen-bond donors (Lipinski definition) is 1. The molecular formula is C28H26N6O. The Morgan fingerprint density at radius 3 is 2.83 bits per heavy atom. The third-order valence-electron chi connectivity index (χ3n) is 7.52. The van der Waals surface area contributed by atoms with Crippen LogP contribution in [0.2, 0.25) is 0 Å². The molecule has 2 atom stereocenters. The second kappa shape index (κ2) is 8.31. The van der Waals surface area contributed by atoms with E-state index in [1.165, 1.54) is 5.56 Å². The summed E-state index contributed by atoms with van der Waals surface area (Å²) in [6, 6.07) is 14.9. The van der Waals surface area contributed by atoms with Gasteiger partial charge in [0.1, 0.15) is 11.2 Å². The van der Waals surface area contributed by atoms with Gasteiger partial charge in [-0.1, -0.05) is 18.2 Å². The van der Waals surface area contributed by atoms with E-state index < -0.39 is 0 Å². The van der Waals surface area contributed by atoms with Crippen LogP contribution >= 0.6 is 0 Å². The van der Waals surface area contributed by atoms with Crippen LogP contribution in [0.3, 0.4) is 0 Å². The molecule has 35 heavy (non-hydrogen) atoms. The quantitative estimate of drug-likeness (QED) is 0.468. The number of carbonyl (C=O) groups is 1. The van der Waals surface area contributed by atoms with E-state index >= 15 is 0 Å². The standard InChI is InChI=1S/C28H26N6O/c1-16-12-25-28(31-26(16)23-5-3-4-21-18(13-29)6-8-22(21)23)27(33-32-25)19-7-9-24(30-14-19)20-10-11-34(15-20)17(2)35/h3-5,7,9,12,14,18,20H,6,8,10-11,15H2,1-2H3,(H,32,33). The molecule has 1 N–H and O–H groups in total. The monoisotopic (exact) mass is 462 g/mol. The number of aryl methyl sites for hydroxylation is 1. The molecule has 2 unspecified atom stereocenters. The molecule has 1 amide bonds. The zero-order valence-electron chi connectivity index (χ0n) is 19.9. The number of benzene rings is 1. The molecule has 4 aromatic rings. The van der Waals surface area contributed by atoms with Crippen molar-refractivity contribution >= 4 is 16.9 Å². The summed E-state index contributed by atoms with van der Waals surface area (Å²) in [5.74, 6) is 0.357. The summed E-state index contributed by atoms with van der Waals surface area (Å²) in [6.07, 6.45) is 4.56. The van der Waals surface area contributed by atoms with Crippen molar-refractivity contribution in [2.24, 2.45) is 0 Å². The van der Waals surface area contributed by atoms with Gasteiger partial charge in [0.15, 0.2) is 0 Å². The Morgan fingerprint density at radius 2 is 2.09 bits per heavy atom. The molecule has 1 aromatic carbocycles. The first-order chi connectivity index (χ1) is 17.0. The van der Waals surface area contributed by atoms with Gasteiger partial charge < -0.3 is 4.90 Å². The molecule has 0 radical (unpaired) electrons. The summed E-state index contributed by atoms with van der Waals surface area (Å²) < 4.78 is 0. The lowest BCUT2D eigenvalue weighted by Gasteiger charge is -2.13. The van der Waals surface area contributed by atoms with E-state index in [1.54, 1.807) is 6.92 Å². The van der Waals surface area contributed by atoms with Crippen molar-refractivity contribution in [1.82, 2.24) is 25.1 Å². The summed E-state index contributed by atoms with van der Waals surface area (Å²) in [5, 5.41) is 17.2. The molecule has 4 heterocycles. The zero-order chi connectivity index (χ0) is 24.1. The average molecular weight is 463 g/mol. The highest BCUT2D eigenvalue weighted by Gasteiger charge is 2.27. The van der Waals surface area contributed by atoms with Crippen molar-refractivity contribution in [1.29, 1.82) is 5.26 Å². The number of H-pyrrole nitrogens is 1. The van der Waals surface area contributed by atoms with Crippen molar-refractivity contribution < 1.29 is 4.79 Å². The van der Waals surface area contributed by atoms with Crippen LogP contribution in [0.1, 0.15) is 54.0 Å². The van der Waals surface area contributed by atoms with Crippen LogP contribution < -0.4 is 0 Å². The Bertz CT molecular complexity index is 1500. The summed E-state index contributed by atoms with van der Waals surface area (Å²) >= 11 is 0. The number of rotatable bonds is 3. The molecule has 7 heteroatoms. The van der Waals surface area contributed by atoms with Gasteiger partial charge in [-0.05, 0) is 61.1 Å². The maximum absolute atomic E-state index is 11.7. The first-order valence-electron chi connectivity index (χ1n) is 12.1. The molecule has 1 fully saturated rings. The molecule has 0 spiro atoms. The lowest BCUT2D eigenvalue weighted by Crippen LogP contribution is -2.25. The molecule has 3 aromatic heterocycles. The molecule has 6 rings (SSSR count). The number of amides is 1. The number of aromatic amines is 1. The SMILES string of the molecule is CC(=O)N1CCC(c2ccc(-c3n[nH]c4cc(C)c(-c5cccc6c5CCC6C#N)nc34)cn2)C1. The van der Waals surface area contributed by atoms with E-state index in [9.17, 15) is 10.1 Å². The molecular weight excluding hydrogens is 436 g/mol. The Balaban J connectivity index is 1.37. The topological polar surface area (TPSA) is 98.6 Å². The number of likely N-dealkylation sites (tertiary alicyclic amines) is 1. The van der Waals surface area contributed by atoms with E-state index in [-0.39, 0.29) is 17.7 Å². The number of nitrogens with zero attached hydrogens (tertiary/aromatic N) is 5. The zero-order valence-corrected chi connectivity index (χ0v) is 19.9. The minimum Gasteiger partial charge on any atom is -0.342 e. The van der Waals surface area contributed by atoms with Gasteiger partial charge in [-0.25, -0.2) is 4.98 Å². The van der Waals surface area contributed by atoms with Gasteiger partial charge >= 0.3 is 0 Å². The number of carbonyl (C=O) groups excluding carboxylic acids is 1. The van der Waals surface area contributed by atoms with Crippen molar-refractivity contribution in [3.05, 3.63) is 65.0 Å². The van der Waals surface area contributed by atoms with Gasteiger partial charge in [-0.15, -0.1) is 0 Å². The smallest absolute Gasteiger partial charge is 0.219 e. The molecule has 1 aliphatic carbocycles. The van der Waals surface area contributed by atoms with Crippen LogP contribution in [-0.2, 0) is 11.2 Å². The third-order valence-corrected chi connectivity index (χ3v) is 7.52. The number of hydrogen-bond acceptors (Lipinski definition) is 5. The van der Waals surface area contributed by atoms with Crippen LogP contribution in [0.25, 0.3) is 33.5 Å². The summed E-state index contributed by atoms with van der Waals surface area (Å²) in [6.45, 7) is 5.21. The van der Waals surface area contributed by atoms with E-state index in [0.29, 0.717) is 0 Å².